The molecule has 33 heavy (non-hydrogen) atoms. The Kier molecular flexibility index (Phi) is 7.10. The molecule has 0 spiro atoms. The van der Waals surface area contributed by atoms with Gasteiger partial charge in [0.05, 0.1) is 10.6 Å². The maximum absolute atomic E-state index is 13.9. The number of benzene rings is 3. The Morgan fingerprint density at radius 1 is 1.03 bits per heavy atom. The predicted molar refractivity (Wildman–Crippen MR) is 123 cm³/mol. The largest absolute Gasteiger partial charge is 0.399 e. The number of hydrogen-bond donors (Lipinski definition) is 3. The van der Waals surface area contributed by atoms with Gasteiger partial charge in [-0.25, -0.2) is 17.9 Å². The zero-order valence-electron chi connectivity index (χ0n) is 17.8. The number of anilines is 2. The second-order valence-corrected chi connectivity index (χ2v) is 8.99. The molecule has 0 aliphatic carbocycles. The first-order chi connectivity index (χ1) is 15.5. The summed E-state index contributed by atoms with van der Waals surface area (Å²) in [6.45, 7) is 1.22. The van der Waals surface area contributed by atoms with Crippen LogP contribution in [-0.4, -0.2) is 31.7 Å². The molecule has 0 fully saturated rings. The zero-order chi connectivity index (χ0) is 24.2. The second kappa shape index (κ2) is 9.80. The van der Waals surface area contributed by atoms with Crippen LogP contribution < -0.4 is 16.2 Å². The maximum atomic E-state index is 13.9. The van der Waals surface area contributed by atoms with Gasteiger partial charge in [0.25, 0.3) is 5.91 Å². The Morgan fingerprint density at radius 2 is 1.70 bits per heavy atom. The molecule has 0 aromatic heterocycles. The van der Waals surface area contributed by atoms with Crippen molar-refractivity contribution in [1.82, 2.24) is 4.90 Å². The highest BCUT2D eigenvalue weighted by Crippen LogP contribution is 2.19. The Labute approximate surface area is 191 Å². The molecule has 0 bridgehead atoms. The van der Waals surface area contributed by atoms with Gasteiger partial charge < -0.3 is 16.0 Å². The molecule has 0 atom stereocenters. The minimum Gasteiger partial charge on any atom is -0.399 e. The van der Waals surface area contributed by atoms with Gasteiger partial charge in [-0.2, -0.15) is 0 Å². The molecule has 5 N–H and O–H groups in total. The molecule has 0 aliphatic heterocycles. The standard InChI is InChI=1S/C23H23FN4O4S/c1-15-12-17(8-11-21(15)33(26,31)32)23(30)28(13-16-6-9-18(25)10-7-16)14-22(29)27-20-5-3-2-4-19(20)24/h2-12H,13-14,25H2,1H3,(H,27,29)(H2,26,31,32). The third-order valence-electron chi connectivity index (χ3n) is 4.85. The maximum Gasteiger partial charge on any atom is 0.254 e. The molecule has 2 amide bonds. The SMILES string of the molecule is Cc1cc(C(=O)N(CC(=O)Nc2ccccc2F)Cc2ccc(N)cc2)ccc1S(N)(=O)=O. The summed E-state index contributed by atoms with van der Waals surface area (Å²) >= 11 is 0. The fourth-order valence-electron chi connectivity index (χ4n) is 3.25. The van der Waals surface area contributed by atoms with Gasteiger partial charge in [-0.05, 0) is 60.5 Å². The summed E-state index contributed by atoms with van der Waals surface area (Å²) in [4.78, 5) is 27.0. The van der Waals surface area contributed by atoms with E-state index in [2.05, 4.69) is 5.32 Å². The van der Waals surface area contributed by atoms with Gasteiger partial charge >= 0.3 is 0 Å². The van der Waals surface area contributed by atoms with E-state index in [0.29, 0.717) is 16.8 Å². The number of primary sulfonamides is 1. The number of aryl methyl sites for hydroxylation is 1. The van der Waals surface area contributed by atoms with Gasteiger partial charge in [-0.1, -0.05) is 24.3 Å². The van der Waals surface area contributed by atoms with E-state index in [9.17, 15) is 22.4 Å². The molecular weight excluding hydrogens is 447 g/mol. The highest BCUT2D eigenvalue weighted by molar-refractivity contribution is 7.89. The first-order valence-electron chi connectivity index (χ1n) is 9.86. The molecule has 8 nitrogen and oxygen atoms in total. The summed E-state index contributed by atoms with van der Waals surface area (Å²) in [5, 5.41) is 7.65. The second-order valence-electron chi connectivity index (χ2n) is 7.46. The van der Waals surface area contributed by atoms with Crippen LogP contribution in [0, 0.1) is 12.7 Å². The number of hydrogen-bond acceptors (Lipinski definition) is 5. The topological polar surface area (TPSA) is 136 Å². The quantitative estimate of drug-likeness (QED) is 0.456. The average molecular weight is 471 g/mol. The third kappa shape index (κ3) is 6.15. The van der Waals surface area contributed by atoms with Crippen molar-refractivity contribution in [1.29, 1.82) is 0 Å². The monoisotopic (exact) mass is 470 g/mol. The lowest BCUT2D eigenvalue weighted by Gasteiger charge is -2.23. The lowest BCUT2D eigenvalue weighted by atomic mass is 10.1. The molecule has 0 saturated heterocycles. The van der Waals surface area contributed by atoms with Gasteiger partial charge in [0.2, 0.25) is 15.9 Å². The highest BCUT2D eigenvalue weighted by atomic mass is 32.2. The Morgan fingerprint density at radius 3 is 2.30 bits per heavy atom. The van der Waals surface area contributed by atoms with Crippen molar-refractivity contribution >= 4 is 33.2 Å². The summed E-state index contributed by atoms with van der Waals surface area (Å²) in [7, 11) is -3.94. The predicted octanol–water partition coefficient (Wildman–Crippen LogP) is 2.64. The van der Waals surface area contributed by atoms with Gasteiger partial charge in [0.1, 0.15) is 12.4 Å². The highest BCUT2D eigenvalue weighted by Gasteiger charge is 2.22. The molecule has 172 valence electrons. The lowest BCUT2D eigenvalue weighted by Crippen LogP contribution is -2.37. The molecule has 0 unspecified atom stereocenters. The van der Waals surface area contributed by atoms with Crippen LogP contribution >= 0.6 is 0 Å². The van der Waals surface area contributed by atoms with E-state index < -0.39 is 27.7 Å². The van der Waals surface area contributed by atoms with Crippen LogP contribution in [-0.2, 0) is 21.4 Å². The number of nitrogens with two attached hydrogens (primary N) is 2. The van der Waals surface area contributed by atoms with Crippen LogP contribution in [0.15, 0.2) is 71.6 Å². The first kappa shape index (κ1) is 23.9. The van der Waals surface area contributed by atoms with Crippen molar-refractivity contribution in [2.24, 2.45) is 5.14 Å². The Balaban J connectivity index is 1.88. The Hall–Kier alpha value is -3.76. The van der Waals surface area contributed by atoms with Crippen molar-refractivity contribution in [2.75, 3.05) is 17.6 Å². The summed E-state index contributed by atoms with van der Waals surface area (Å²) in [6.07, 6.45) is 0. The van der Waals surface area contributed by atoms with Gasteiger partial charge in [-0.3, -0.25) is 9.59 Å². The summed E-state index contributed by atoms with van der Waals surface area (Å²) in [5.41, 5.74) is 7.45. The lowest BCUT2D eigenvalue weighted by molar-refractivity contribution is -0.117. The number of halogens is 1. The van der Waals surface area contributed by atoms with Gasteiger partial charge in [0, 0.05) is 17.8 Å². The summed E-state index contributed by atoms with van der Waals surface area (Å²) in [5.74, 6) is -1.71. The number of nitrogens with one attached hydrogen (secondary N) is 1. The number of rotatable bonds is 7. The molecule has 3 aromatic carbocycles. The Bertz CT molecular complexity index is 1290. The van der Waals surface area contributed by atoms with E-state index in [1.807, 2.05) is 0 Å². The average Bonchev–Trinajstić information content (AvgIpc) is 2.75. The molecule has 10 heteroatoms. The molecule has 0 saturated carbocycles. The number of nitrogen functional groups attached to an aromatic ring is 1. The number of sulfonamides is 1. The van der Waals surface area contributed by atoms with Crippen molar-refractivity contribution < 1.29 is 22.4 Å². The van der Waals surface area contributed by atoms with Crippen LogP contribution in [0.5, 0.6) is 0 Å². The van der Waals surface area contributed by atoms with Crippen LogP contribution in [0.25, 0.3) is 0 Å². The van der Waals surface area contributed by atoms with E-state index >= 15 is 0 Å². The van der Waals surface area contributed by atoms with Crippen LogP contribution in [0.1, 0.15) is 21.5 Å². The molecule has 0 aliphatic rings. The van der Waals surface area contributed by atoms with E-state index in [4.69, 9.17) is 10.9 Å². The molecule has 0 radical (unpaired) electrons. The van der Waals surface area contributed by atoms with Crippen LogP contribution in [0.3, 0.4) is 0 Å². The first-order valence-corrected chi connectivity index (χ1v) is 11.4. The van der Waals surface area contributed by atoms with Crippen molar-refractivity contribution in [3.05, 3.63) is 89.2 Å². The van der Waals surface area contributed by atoms with E-state index in [1.54, 1.807) is 30.3 Å². The van der Waals surface area contributed by atoms with Crippen LogP contribution in [0.2, 0.25) is 0 Å². The van der Waals surface area contributed by atoms with E-state index in [-0.39, 0.29) is 29.2 Å². The summed E-state index contributed by atoms with van der Waals surface area (Å²) < 4.78 is 37.3. The fourth-order valence-corrected chi connectivity index (χ4v) is 4.02. The normalized spacial score (nSPS) is 11.1. The number of carbonyl (C=O) groups is 2. The van der Waals surface area contributed by atoms with E-state index in [0.717, 1.165) is 0 Å². The fraction of sp³-hybridized carbons (Fsp3) is 0.130. The van der Waals surface area contributed by atoms with Crippen molar-refractivity contribution in [2.45, 2.75) is 18.4 Å². The van der Waals surface area contributed by atoms with Crippen LogP contribution in [0.4, 0.5) is 15.8 Å². The third-order valence-corrected chi connectivity index (χ3v) is 5.92. The molecule has 0 heterocycles. The number of nitrogens with zero attached hydrogens (tertiary/aromatic N) is 1. The molecule has 3 rings (SSSR count). The van der Waals surface area contributed by atoms with Gasteiger partial charge in [-0.15, -0.1) is 0 Å². The van der Waals surface area contributed by atoms with Gasteiger partial charge in [0.15, 0.2) is 0 Å². The number of amides is 2. The van der Waals surface area contributed by atoms with E-state index in [1.165, 1.54) is 48.2 Å². The summed E-state index contributed by atoms with van der Waals surface area (Å²) in [6, 6.07) is 16.5. The smallest absolute Gasteiger partial charge is 0.254 e. The molecule has 3 aromatic rings. The number of carbonyl (C=O) groups excluding carboxylic acids is 2. The minimum atomic E-state index is -3.94. The zero-order valence-corrected chi connectivity index (χ0v) is 18.6. The minimum absolute atomic E-state index is 0.00395. The van der Waals surface area contributed by atoms with Crippen molar-refractivity contribution in [3.8, 4) is 0 Å². The molecular formula is C23H23FN4O4S. The van der Waals surface area contributed by atoms with Crippen molar-refractivity contribution in [3.63, 3.8) is 0 Å². The number of para-hydroxylation sites is 1.